The lowest BCUT2D eigenvalue weighted by Crippen LogP contribution is -2.39. The van der Waals surface area contributed by atoms with Crippen LogP contribution in [0.15, 0.2) is 48.9 Å². The van der Waals surface area contributed by atoms with E-state index < -0.39 is 11.7 Å². The molecular weight excluding hydrogens is 510 g/mol. The van der Waals surface area contributed by atoms with Gasteiger partial charge in [0.15, 0.2) is 5.82 Å². The molecule has 40 heavy (non-hydrogen) atoms. The number of hydrazine groups is 1. The summed E-state index contributed by atoms with van der Waals surface area (Å²) in [5.74, 6) is 1.70. The molecule has 1 saturated heterocycles. The molecule has 1 aliphatic carbocycles. The van der Waals surface area contributed by atoms with Gasteiger partial charge in [-0.15, -0.1) is 0 Å². The minimum atomic E-state index is -0.650. The van der Waals surface area contributed by atoms with Gasteiger partial charge in [-0.1, -0.05) is 12.1 Å². The number of benzene rings is 1. The van der Waals surface area contributed by atoms with Crippen LogP contribution >= 0.6 is 0 Å². The third-order valence-electron chi connectivity index (χ3n) is 7.19. The van der Waals surface area contributed by atoms with Crippen LogP contribution in [0.1, 0.15) is 50.5 Å². The Labute approximate surface area is 231 Å². The molecule has 3 aromatic heterocycles. The number of ether oxygens (including phenoxy) is 1. The van der Waals surface area contributed by atoms with Gasteiger partial charge >= 0.3 is 6.09 Å². The maximum Gasteiger partial charge on any atom is 0.435 e. The number of fused-ring (bicyclic) bond motifs is 2. The van der Waals surface area contributed by atoms with Gasteiger partial charge in [-0.05, 0) is 64.2 Å². The van der Waals surface area contributed by atoms with Gasteiger partial charge in [0, 0.05) is 41.3 Å². The van der Waals surface area contributed by atoms with Gasteiger partial charge in [-0.2, -0.15) is 9.78 Å². The summed E-state index contributed by atoms with van der Waals surface area (Å²) in [6.45, 7) is 6.32. The first-order chi connectivity index (χ1) is 19.2. The van der Waals surface area contributed by atoms with Crippen molar-refractivity contribution in [3.8, 4) is 11.4 Å². The monoisotopic (exact) mass is 543 g/mol. The predicted octanol–water partition coefficient (Wildman–Crippen LogP) is 3.91. The van der Waals surface area contributed by atoms with E-state index in [2.05, 4.69) is 36.6 Å². The number of hydrogen-bond donors (Lipinski definition) is 5. The van der Waals surface area contributed by atoms with Crippen LogP contribution < -0.4 is 21.5 Å². The van der Waals surface area contributed by atoms with Crippen molar-refractivity contribution in [2.24, 2.45) is 5.92 Å². The maximum absolute atomic E-state index is 12.9. The van der Waals surface area contributed by atoms with Crippen LogP contribution in [0.3, 0.4) is 0 Å². The molecule has 0 bridgehead atoms. The zero-order chi connectivity index (χ0) is 27.9. The number of nitrogens with one attached hydrogen (secondary N) is 5. The molecule has 208 valence electrons. The first kappa shape index (κ1) is 26.0. The Kier molecular flexibility index (Phi) is 6.72. The van der Waals surface area contributed by atoms with Gasteiger partial charge in [-0.3, -0.25) is 15.6 Å². The highest BCUT2D eigenvalue weighted by molar-refractivity contribution is 6.06. The van der Waals surface area contributed by atoms with Crippen LogP contribution in [0.4, 0.5) is 16.3 Å². The molecule has 1 aliphatic heterocycles. The van der Waals surface area contributed by atoms with Crippen LogP contribution in [0.25, 0.3) is 22.3 Å². The highest BCUT2D eigenvalue weighted by Gasteiger charge is 2.33. The Hall–Kier alpha value is -4.29. The summed E-state index contributed by atoms with van der Waals surface area (Å²) in [4.78, 5) is 37.5. The van der Waals surface area contributed by atoms with Gasteiger partial charge in [0.1, 0.15) is 17.1 Å². The Morgan fingerprint density at radius 3 is 2.88 bits per heavy atom. The lowest BCUT2D eigenvalue weighted by atomic mass is 9.83. The lowest BCUT2D eigenvalue weighted by molar-refractivity contribution is 0.0514. The number of carbonyl (C=O) groups excluding carboxylic acids is 2. The molecule has 4 aromatic rings. The second kappa shape index (κ2) is 10.4. The number of anilines is 2. The maximum atomic E-state index is 12.9. The van der Waals surface area contributed by atoms with Crippen molar-refractivity contribution in [1.82, 2.24) is 35.6 Å². The van der Waals surface area contributed by atoms with Crippen LogP contribution in [0.2, 0.25) is 0 Å². The molecule has 12 nitrogen and oxygen atoms in total. The number of H-pyrrole nitrogens is 1. The van der Waals surface area contributed by atoms with Gasteiger partial charge in [-0.25, -0.2) is 14.8 Å². The minimum Gasteiger partial charge on any atom is -0.442 e. The number of aromatic nitrogens is 5. The predicted molar refractivity (Wildman–Crippen MR) is 151 cm³/mol. The Balaban J connectivity index is 1.13. The highest BCUT2D eigenvalue weighted by Crippen LogP contribution is 2.29. The van der Waals surface area contributed by atoms with Crippen molar-refractivity contribution < 1.29 is 14.3 Å². The fourth-order valence-electron chi connectivity index (χ4n) is 5.30. The van der Waals surface area contributed by atoms with Crippen molar-refractivity contribution >= 4 is 34.4 Å². The molecule has 4 heterocycles. The second-order valence-electron chi connectivity index (χ2n) is 11.4. The van der Waals surface area contributed by atoms with Crippen LogP contribution in [-0.4, -0.2) is 61.0 Å². The fourth-order valence-corrected chi connectivity index (χ4v) is 5.30. The van der Waals surface area contributed by atoms with Crippen molar-refractivity contribution in [2.45, 2.75) is 57.7 Å². The van der Waals surface area contributed by atoms with Gasteiger partial charge in [0.2, 0.25) is 0 Å². The number of amides is 1. The van der Waals surface area contributed by atoms with Crippen LogP contribution in [0.5, 0.6) is 0 Å². The van der Waals surface area contributed by atoms with Gasteiger partial charge < -0.3 is 20.4 Å². The van der Waals surface area contributed by atoms with Crippen molar-refractivity contribution in [3.63, 3.8) is 0 Å². The molecule has 3 unspecified atom stereocenters. The number of rotatable bonds is 5. The summed E-state index contributed by atoms with van der Waals surface area (Å²) >= 11 is 0. The molecular formula is C28H33N9O3. The fraction of sp³-hybridized carbons (Fsp3) is 0.393. The molecule has 3 atom stereocenters. The molecule has 1 amide bonds. The van der Waals surface area contributed by atoms with Gasteiger partial charge in [0.05, 0.1) is 18.1 Å². The molecule has 5 N–H and O–H groups in total. The molecule has 2 aliphatic rings. The summed E-state index contributed by atoms with van der Waals surface area (Å²) in [5.41, 5.74) is 8.37. The van der Waals surface area contributed by atoms with Crippen molar-refractivity contribution in [3.05, 3.63) is 54.6 Å². The molecule has 1 saturated carbocycles. The Morgan fingerprint density at radius 2 is 2.02 bits per heavy atom. The van der Waals surface area contributed by atoms with E-state index in [1.54, 1.807) is 33.0 Å². The van der Waals surface area contributed by atoms with E-state index in [4.69, 9.17) is 9.72 Å². The van der Waals surface area contributed by atoms with E-state index in [0.717, 1.165) is 52.8 Å². The quantitative estimate of drug-likeness (QED) is 0.252. The summed E-state index contributed by atoms with van der Waals surface area (Å²) in [5, 5.41) is 11.2. The summed E-state index contributed by atoms with van der Waals surface area (Å²) in [7, 11) is 0. The standard InChI is InChI=1S/C28H33N9O3/c1-28(2,3)40-27(39)37-15-20(14-31-37)33-26(38)23-11-16-4-5-17(12-22(16)34-23)25-29-9-8-24(35-25)32-19-6-7-21-18(10-19)13-30-36-21/h4-5,8-9,11-12,14-15,18-19,21,30,34,36H,6-7,10,13H2,1-3H3,(H,33,38)(H,29,32,35). The first-order valence-corrected chi connectivity index (χ1v) is 13.5. The third kappa shape index (κ3) is 5.68. The van der Waals surface area contributed by atoms with E-state index in [-0.39, 0.29) is 5.91 Å². The second-order valence-corrected chi connectivity index (χ2v) is 11.4. The zero-order valence-electron chi connectivity index (χ0n) is 22.7. The summed E-state index contributed by atoms with van der Waals surface area (Å²) in [6, 6.07) is 10.4. The van der Waals surface area contributed by atoms with E-state index >= 15 is 0 Å². The molecule has 6 rings (SSSR count). The molecule has 2 fully saturated rings. The average Bonchev–Trinajstić information content (AvgIpc) is 3.66. The Bertz CT molecular complexity index is 1550. The first-order valence-electron chi connectivity index (χ1n) is 13.5. The molecule has 0 spiro atoms. The van der Waals surface area contributed by atoms with E-state index in [9.17, 15) is 9.59 Å². The largest absolute Gasteiger partial charge is 0.442 e. The SMILES string of the molecule is CC(C)(C)OC(=O)n1cc(NC(=O)c2cc3ccc(-c4nccc(NC5CCC6NNCC6C5)n4)cc3[nH]2)cn1. The topological polar surface area (TPSA) is 151 Å². The molecule has 0 radical (unpaired) electrons. The van der Waals surface area contributed by atoms with Crippen LogP contribution in [-0.2, 0) is 4.74 Å². The average molecular weight is 544 g/mol. The van der Waals surface area contributed by atoms with Crippen molar-refractivity contribution in [2.75, 3.05) is 17.2 Å². The summed E-state index contributed by atoms with van der Waals surface area (Å²) in [6.07, 6.45) is 7.29. The number of nitrogens with zero attached hydrogens (tertiary/aromatic N) is 4. The third-order valence-corrected chi connectivity index (χ3v) is 7.19. The number of aromatic amines is 1. The van der Waals surface area contributed by atoms with Gasteiger partial charge in [0.25, 0.3) is 5.91 Å². The van der Waals surface area contributed by atoms with E-state index in [1.165, 1.54) is 12.4 Å². The normalized spacial score (nSPS) is 20.7. The van der Waals surface area contributed by atoms with Crippen LogP contribution in [0, 0.1) is 5.92 Å². The zero-order valence-corrected chi connectivity index (χ0v) is 22.7. The lowest BCUT2D eigenvalue weighted by Gasteiger charge is -2.31. The van der Waals surface area contributed by atoms with E-state index in [0.29, 0.717) is 35.2 Å². The number of hydrogen-bond acceptors (Lipinski definition) is 9. The molecule has 1 aromatic carbocycles. The highest BCUT2D eigenvalue weighted by atomic mass is 16.6. The van der Waals surface area contributed by atoms with E-state index in [1.807, 2.05) is 24.3 Å². The Morgan fingerprint density at radius 1 is 1.15 bits per heavy atom. The summed E-state index contributed by atoms with van der Waals surface area (Å²) < 4.78 is 6.35. The minimum absolute atomic E-state index is 0.355. The smallest absolute Gasteiger partial charge is 0.435 e. The molecule has 12 heteroatoms. The number of carbonyl (C=O) groups is 2. The van der Waals surface area contributed by atoms with Crippen molar-refractivity contribution in [1.29, 1.82) is 0 Å².